The molecule has 0 saturated carbocycles. The molecule has 1 fully saturated rings. The second-order valence-electron chi connectivity index (χ2n) is 10.1. The van der Waals surface area contributed by atoms with Crippen molar-refractivity contribution < 1.29 is 27.1 Å². The minimum absolute atomic E-state index is 0.220. The Kier molecular flexibility index (Phi) is 8.64. The van der Waals surface area contributed by atoms with Gasteiger partial charge in [0.25, 0.3) is 5.91 Å². The van der Waals surface area contributed by atoms with E-state index < -0.39 is 11.7 Å². The second kappa shape index (κ2) is 12.5. The summed E-state index contributed by atoms with van der Waals surface area (Å²) in [6.07, 6.45) is -4.39. The zero-order valence-electron chi connectivity index (χ0n) is 22.8. The molecule has 2 heterocycles. The summed E-state index contributed by atoms with van der Waals surface area (Å²) in [5.74, 6) is 1.51. The smallest absolute Gasteiger partial charge is 0.416 e. The topological polar surface area (TPSA) is 49.2 Å². The van der Waals surface area contributed by atoms with Crippen molar-refractivity contribution in [2.24, 2.45) is 0 Å². The molecule has 6 nitrogen and oxygen atoms in total. The largest absolute Gasteiger partial charge is 0.497 e. The van der Waals surface area contributed by atoms with Gasteiger partial charge in [0.15, 0.2) is 5.76 Å². The third-order valence-electron chi connectivity index (χ3n) is 7.15. The van der Waals surface area contributed by atoms with Crippen molar-refractivity contribution in [2.45, 2.75) is 25.8 Å². The number of benzene rings is 3. The summed E-state index contributed by atoms with van der Waals surface area (Å²) >= 11 is 0. The first kappa shape index (κ1) is 28.3. The van der Waals surface area contributed by atoms with Crippen molar-refractivity contribution in [3.63, 3.8) is 0 Å². The Hall–Kier alpha value is -4.24. The van der Waals surface area contributed by atoms with Gasteiger partial charge in [-0.25, -0.2) is 0 Å². The maximum atomic E-state index is 13.2. The lowest BCUT2D eigenvalue weighted by Crippen LogP contribution is -2.48. The van der Waals surface area contributed by atoms with Crippen LogP contribution in [0.15, 0.2) is 95.4 Å². The zero-order valence-corrected chi connectivity index (χ0v) is 22.8. The Labute approximate surface area is 237 Å². The highest BCUT2D eigenvalue weighted by Crippen LogP contribution is 2.32. The molecule has 0 bridgehead atoms. The third kappa shape index (κ3) is 7.29. The minimum atomic E-state index is -4.39. The van der Waals surface area contributed by atoms with E-state index in [-0.39, 0.29) is 11.7 Å². The normalized spacial score (nSPS) is 14.0. The number of methoxy groups -OCH3 is 1. The number of alkyl halides is 3. The molecule has 214 valence electrons. The zero-order chi connectivity index (χ0) is 28.8. The summed E-state index contributed by atoms with van der Waals surface area (Å²) in [6.45, 7) is 3.51. The number of carbonyl (C=O) groups is 1. The molecular weight excluding hydrogens is 531 g/mol. The van der Waals surface area contributed by atoms with E-state index in [9.17, 15) is 18.0 Å². The maximum absolute atomic E-state index is 13.2. The number of furan rings is 1. The van der Waals surface area contributed by atoms with Crippen LogP contribution in [0.2, 0.25) is 0 Å². The summed E-state index contributed by atoms with van der Waals surface area (Å²) in [5.41, 5.74) is 2.09. The second-order valence-corrected chi connectivity index (χ2v) is 10.1. The number of halogens is 3. The van der Waals surface area contributed by atoms with Crippen LogP contribution >= 0.6 is 0 Å². The molecule has 1 aliphatic rings. The van der Waals surface area contributed by atoms with Gasteiger partial charge in [-0.05, 0) is 53.6 Å². The predicted octanol–water partition coefficient (Wildman–Crippen LogP) is 6.47. The van der Waals surface area contributed by atoms with Gasteiger partial charge in [-0.2, -0.15) is 13.2 Å². The molecule has 9 heteroatoms. The first-order valence-corrected chi connectivity index (χ1v) is 13.5. The molecule has 0 radical (unpaired) electrons. The molecule has 0 unspecified atom stereocenters. The Morgan fingerprint density at radius 2 is 1.54 bits per heavy atom. The summed E-state index contributed by atoms with van der Waals surface area (Å²) in [6, 6.07) is 26.9. The Morgan fingerprint density at radius 3 is 2.27 bits per heavy atom. The molecular formula is C32H32F3N3O3. The van der Waals surface area contributed by atoms with Gasteiger partial charge in [0.2, 0.25) is 0 Å². The molecule has 41 heavy (non-hydrogen) atoms. The number of carbonyl (C=O) groups excluding carboxylic acids is 1. The van der Waals surface area contributed by atoms with E-state index in [1.807, 2.05) is 47.4 Å². The molecule has 1 aliphatic heterocycles. The van der Waals surface area contributed by atoms with Crippen LogP contribution in [0.3, 0.4) is 0 Å². The van der Waals surface area contributed by atoms with Gasteiger partial charge in [0, 0.05) is 45.0 Å². The van der Waals surface area contributed by atoms with Crippen LogP contribution in [-0.2, 0) is 25.8 Å². The van der Waals surface area contributed by atoms with E-state index in [2.05, 4.69) is 23.1 Å². The van der Waals surface area contributed by atoms with Gasteiger partial charge in [-0.15, -0.1) is 0 Å². The first-order chi connectivity index (χ1) is 19.8. The van der Waals surface area contributed by atoms with Gasteiger partial charge in [-0.3, -0.25) is 9.69 Å². The average Bonchev–Trinajstić information content (AvgIpc) is 3.45. The highest BCUT2D eigenvalue weighted by atomic mass is 19.4. The summed E-state index contributed by atoms with van der Waals surface area (Å²) in [4.78, 5) is 19.0. The lowest BCUT2D eigenvalue weighted by Gasteiger charge is -2.36. The van der Waals surface area contributed by atoms with E-state index in [0.717, 1.165) is 29.0 Å². The van der Waals surface area contributed by atoms with Crippen molar-refractivity contribution in [1.82, 2.24) is 9.80 Å². The Bertz CT molecular complexity index is 1450. The minimum Gasteiger partial charge on any atom is -0.497 e. The molecule has 1 saturated heterocycles. The van der Waals surface area contributed by atoms with E-state index in [4.69, 9.17) is 9.15 Å². The lowest BCUT2D eigenvalue weighted by atomic mass is 10.1. The molecule has 0 N–H and O–H groups in total. The van der Waals surface area contributed by atoms with E-state index in [1.165, 1.54) is 6.07 Å². The number of ether oxygens (including phenoxy) is 1. The van der Waals surface area contributed by atoms with Crippen LogP contribution in [-0.4, -0.2) is 49.0 Å². The SMILES string of the molecule is COc1cccc(CN(Cc2ccccc2)Cc2ccc(C(=O)N3CCN(c4cccc(C(F)(F)F)c4)CC3)o2)c1. The quantitative estimate of drug-likeness (QED) is 0.234. The van der Waals surface area contributed by atoms with Gasteiger partial charge in [0.05, 0.1) is 19.2 Å². The number of nitrogens with zero attached hydrogens (tertiary/aromatic N) is 3. The van der Waals surface area contributed by atoms with E-state index in [0.29, 0.717) is 57.3 Å². The van der Waals surface area contributed by atoms with E-state index >= 15 is 0 Å². The van der Waals surface area contributed by atoms with Crippen molar-refractivity contribution >= 4 is 11.6 Å². The number of piperazine rings is 1. The summed E-state index contributed by atoms with van der Waals surface area (Å²) < 4.78 is 50.8. The number of hydrogen-bond donors (Lipinski definition) is 0. The highest BCUT2D eigenvalue weighted by Gasteiger charge is 2.31. The van der Waals surface area contributed by atoms with Crippen molar-refractivity contribution in [3.8, 4) is 5.75 Å². The number of hydrogen-bond acceptors (Lipinski definition) is 5. The van der Waals surface area contributed by atoms with Crippen LogP contribution < -0.4 is 9.64 Å². The van der Waals surface area contributed by atoms with Crippen LogP contribution in [0.4, 0.5) is 18.9 Å². The molecule has 0 aliphatic carbocycles. The Morgan fingerprint density at radius 1 is 0.829 bits per heavy atom. The fourth-order valence-corrected chi connectivity index (χ4v) is 5.04. The van der Waals surface area contributed by atoms with Gasteiger partial charge in [-0.1, -0.05) is 48.5 Å². The predicted molar refractivity (Wildman–Crippen MR) is 151 cm³/mol. The van der Waals surface area contributed by atoms with Crippen LogP contribution in [0.1, 0.15) is 33.0 Å². The number of amides is 1. The molecule has 0 spiro atoms. The monoisotopic (exact) mass is 563 g/mol. The first-order valence-electron chi connectivity index (χ1n) is 13.5. The Balaban J connectivity index is 1.23. The molecule has 3 aromatic carbocycles. The van der Waals surface area contributed by atoms with Crippen LogP contribution in [0.5, 0.6) is 5.75 Å². The number of anilines is 1. The lowest BCUT2D eigenvalue weighted by molar-refractivity contribution is -0.137. The average molecular weight is 564 g/mol. The maximum Gasteiger partial charge on any atom is 0.416 e. The third-order valence-corrected chi connectivity index (χ3v) is 7.15. The van der Waals surface area contributed by atoms with Crippen molar-refractivity contribution in [1.29, 1.82) is 0 Å². The van der Waals surface area contributed by atoms with Crippen molar-refractivity contribution in [2.75, 3.05) is 38.2 Å². The molecule has 0 atom stereocenters. The van der Waals surface area contributed by atoms with Crippen molar-refractivity contribution in [3.05, 3.63) is 119 Å². The van der Waals surface area contributed by atoms with E-state index in [1.54, 1.807) is 24.1 Å². The molecule has 4 aromatic rings. The highest BCUT2D eigenvalue weighted by molar-refractivity contribution is 5.91. The standard InChI is InChI=1S/C32H32F3N3O3/c1-40-28-12-5-9-25(19-28)22-36(21-24-7-3-2-4-8-24)23-29-13-14-30(41-29)31(39)38-17-15-37(16-18-38)27-11-6-10-26(20-27)32(33,34)35/h2-14,19-20H,15-18,21-23H2,1H3. The molecule has 1 amide bonds. The fraction of sp³-hybridized carbons (Fsp3) is 0.281. The number of rotatable bonds is 9. The van der Waals surface area contributed by atoms with Crippen LogP contribution in [0.25, 0.3) is 0 Å². The molecule has 5 rings (SSSR count). The summed E-state index contributed by atoms with van der Waals surface area (Å²) in [7, 11) is 1.65. The van der Waals surface area contributed by atoms with Gasteiger partial charge in [0.1, 0.15) is 11.5 Å². The summed E-state index contributed by atoms with van der Waals surface area (Å²) in [5, 5.41) is 0. The fourth-order valence-electron chi connectivity index (χ4n) is 5.04. The van der Waals surface area contributed by atoms with Gasteiger partial charge >= 0.3 is 6.18 Å². The van der Waals surface area contributed by atoms with Crippen LogP contribution in [0, 0.1) is 0 Å². The van der Waals surface area contributed by atoms with Gasteiger partial charge < -0.3 is 19.0 Å². The molecule has 1 aromatic heterocycles.